The predicted molar refractivity (Wildman–Crippen MR) is 175 cm³/mol. The van der Waals surface area contributed by atoms with Crippen molar-refractivity contribution in [3.8, 4) is 17.3 Å². The van der Waals surface area contributed by atoms with E-state index >= 15 is 0 Å². The minimum Gasteiger partial charge on any atom is -0.459 e. The number of hydrogen-bond acceptors (Lipinski definition) is 10. The van der Waals surface area contributed by atoms with E-state index in [1.807, 2.05) is 75.0 Å². The van der Waals surface area contributed by atoms with Gasteiger partial charge in [-0.1, -0.05) is 12.1 Å². The molecule has 13 nitrogen and oxygen atoms in total. The van der Waals surface area contributed by atoms with Crippen molar-refractivity contribution in [2.75, 3.05) is 48.3 Å². The zero-order valence-corrected chi connectivity index (χ0v) is 26.6. The van der Waals surface area contributed by atoms with Gasteiger partial charge in [0, 0.05) is 68.3 Å². The number of carbonyl (C=O) groups excluding carboxylic acids is 1. The number of aromatic nitrogens is 7. The standard InChI is InChI=1S/C32H38FN11O2/c1-6-44(7-2)30-24(33)16-36-32(40-30)46-21-11-12-43(17-21)18-27(45)37-25-10-8-9-22-23(15-34-29(22)25)28-19(3)14-35-31(39-28)38-26-13-20(4)42(5)41-26/h8-10,13-16,21,34H,6-7,11-12,17-18H2,1-5H3,(H,37,45)(H,35,38,39,41)/t21-/m0/s1. The highest BCUT2D eigenvalue weighted by Crippen LogP contribution is 2.33. The first kappa shape index (κ1) is 30.9. The number of anilines is 4. The minimum atomic E-state index is -0.477. The number of halogens is 1. The number of rotatable bonds is 11. The number of likely N-dealkylation sites (tertiary alicyclic amines) is 1. The Hall–Kier alpha value is -5.11. The van der Waals surface area contributed by atoms with Crippen LogP contribution in [0.3, 0.4) is 0 Å². The number of carbonyl (C=O) groups is 1. The number of H-pyrrole nitrogens is 1. The SMILES string of the molecule is CCN(CC)c1nc(O[C@H]2CCN(CC(=O)Nc3cccc4c(-c5nc(Nc6cc(C)n(C)n6)ncc5C)c[nH]c34)C2)ncc1F. The Balaban J connectivity index is 1.11. The number of aryl methyl sites for hydroxylation is 3. The van der Waals surface area contributed by atoms with Crippen molar-refractivity contribution in [1.82, 2.24) is 39.6 Å². The number of fused-ring (bicyclic) bond motifs is 1. The molecule has 0 saturated carbocycles. The van der Waals surface area contributed by atoms with Crippen LogP contribution in [0.25, 0.3) is 22.2 Å². The lowest BCUT2D eigenvalue weighted by atomic mass is 10.1. The highest BCUT2D eigenvalue weighted by atomic mass is 19.1. The van der Waals surface area contributed by atoms with Gasteiger partial charge < -0.3 is 25.3 Å². The molecule has 1 aliphatic rings. The second kappa shape index (κ2) is 13.1. The van der Waals surface area contributed by atoms with Gasteiger partial charge >= 0.3 is 6.01 Å². The number of benzene rings is 1. The molecule has 0 aliphatic carbocycles. The summed E-state index contributed by atoms with van der Waals surface area (Å²) in [6.07, 6.45) is 5.33. The van der Waals surface area contributed by atoms with E-state index in [1.54, 1.807) is 10.9 Å². The smallest absolute Gasteiger partial charge is 0.318 e. The van der Waals surface area contributed by atoms with Crippen molar-refractivity contribution >= 4 is 40.1 Å². The fraction of sp³-hybridized carbons (Fsp3) is 0.375. The van der Waals surface area contributed by atoms with E-state index < -0.39 is 5.82 Å². The Morgan fingerprint density at radius 2 is 2.00 bits per heavy atom. The summed E-state index contributed by atoms with van der Waals surface area (Å²) in [6, 6.07) is 7.86. The minimum absolute atomic E-state index is 0.137. The molecule has 1 saturated heterocycles. The van der Waals surface area contributed by atoms with Gasteiger partial charge in [0.05, 0.1) is 29.6 Å². The lowest BCUT2D eigenvalue weighted by Crippen LogP contribution is -2.33. The van der Waals surface area contributed by atoms with Gasteiger partial charge in [0.25, 0.3) is 0 Å². The van der Waals surface area contributed by atoms with Crippen LogP contribution in [0, 0.1) is 19.7 Å². The highest BCUT2D eigenvalue weighted by molar-refractivity contribution is 6.06. The van der Waals surface area contributed by atoms with E-state index in [9.17, 15) is 9.18 Å². The van der Waals surface area contributed by atoms with Crippen LogP contribution in [0.5, 0.6) is 6.01 Å². The third-order valence-corrected chi connectivity index (χ3v) is 8.20. The van der Waals surface area contributed by atoms with Crippen LogP contribution in [0.4, 0.5) is 27.7 Å². The van der Waals surface area contributed by atoms with Gasteiger partial charge in [-0.15, -0.1) is 0 Å². The molecule has 0 unspecified atom stereocenters. The van der Waals surface area contributed by atoms with E-state index in [4.69, 9.17) is 9.72 Å². The summed E-state index contributed by atoms with van der Waals surface area (Å²) in [5.74, 6) is 0.733. The highest BCUT2D eigenvalue weighted by Gasteiger charge is 2.27. The first-order chi connectivity index (χ1) is 22.2. The molecule has 240 valence electrons. The predicted octanol–water partition coefficient (Wildman–Crippen LogP) is 4.59. The second-order valence-electron chi connectivity index (χ2n) is 11.4. The largest absolute Gasteiger partial charge is 0.459 e. The summed E-state index contributed by atoms with van der Waals surface area (Å²) >= 11 is 0. The number of hydrogen-bond donors (Lipinski definition) is 3. The van der Waals surface area contributed by atoms with Gasteiger partial charge in [0.2, 0.25) is 11.9 Å². The van der Waals surface area contributed by atoms with E-state index in [0.717, 1.165) is 39.6 Å². The molecule has 1 aromatic carbocycles. The summed E-state index contributed by atoms with van der Waals surface area (Å²) in [4.78, 5) is 37.9. The maximum Gasteiger partial charge on any atom is 0.318 e. The van der Waals surface area contributed by atoms with Crippen molar-refractivity contribution in [3.05, 3.63) is 59.9 Å². The monoisotopic (exact) mass is 627 g/mol. The summed E-state index contributed by atoms with van der Waals surface area (Å²) < 4.78 is 22.1. The third-order valence-electron chi connectivity index (χ3n) is 8.20. The zero-order valence-electron chi connectivity index (χ0n) is 26.6. The topological polar surface area (TPSA) is 142 Å². The van der Waals surface area contributed by atoms with Crippen molar-refractivity contribution in [2.24, 2.45) is 7.05 Å². The lowest BCUT2D eigenvalue weighted by molar-refractivity contribution is -0.117. The Morgan fingerprint density at radius 1 is 1.17 bits per heavy atom. The van der Waals surface area contributed by atoms with E-state index in [0.29, 0.717) is 50.1 Å². The first-order valence-corrected chi connectivity index (χ1v) is 15.4. The van der Waals surface area contributed by atoms with Crippen molar-refractivity contribution in [3.63, 3.8) is 0 Å². The number of ether oxygens (including phenoxy) is 1. The molecule has 5 aromatic rings. The van der Waals surface area contributed by atoms with Gasteiger partial charge in [0.15, 0.2) is 17.5 Å². The fourth-order valence-corrected chi connectivity index (χ4v) is 5.69. The summed E-state index contributed by atoms with van der Waals surface area (Å²) in [7, 11) is 1.88. The van der Waals surface area contributed by atoms with Crippen LogP contribution in [0.15, 0.2) is 42.9 Å². The molecule has 0 spiro atoms. The van der Waals surface area contributed by atoms with Crippen LogP contribution in [0.1, 0.15) is 31.5 Å². The molecule has 3 N–H and O–H groups in total. The van der Waals surface area contributed by atoms with E-state index in [-0.39, 0.29) is 30.4 Å². The van der Waals surface area contributed by atoms with Gasteiger partial charge in [-0.2, -0.15) is 10.1 Å². The molecule has 1 fully saturated rings. The fourth-order valence-electron chi connectivity index (χ4n) is 5.69. The second-order valence-corrected chi connectivity index (χ2v) is 11.4. The Morgan fingerprint density at radius 3 is 2.76 bits per heavy atom. The van der Waals surface area contributed by atoms with Crippen LogP contribution in [0.2, 0.25) is 0 Å². The summed E-state index contributed by atoms with van der Waals surface area (Å²) in [5.41, 5.74) is 5.09. The maximum absolute atomic E-state index is 14.3. The average molecular weight is 628 g/mol. The molecule has 0 bridgehead atoms. The number of nitrogens with zero attached hydrogens (tertiary/aromatic N) is 8. The Bertz CT molecular complexity index is 1850. The van der Waals surface area contributed by atoms with Crippen LogP contribution < -0.4 is 20.3 Å². The van der Waals surface area contributed by atoms with Crippen molar-refractivity contribution in [1.29, 1.82) is 0 Å². The Kier molecular flexibility index (Phi) is 8.79. The van der Waals surface area contributed by atoms with Crippen molar-refractivity contribution < 1.29 is 13.9 Å². The molecule has 1 amide bonds. The summed E-state index contributed by atoms with van der Waals surface area (Å²) in [6.45, 7) is 10.5. The van der Waals surface area contributed by atoms with Crippen LogP contribution in [-0.2, 0) is 11.8 Å². The maximum atomic E-state index is 14.3. The number of para-hydroxylation sites is 1. The van der Waals surface area contributed by atoms with E-state index in [2.05, 4.69) is 35.7 Å². The summed E-state index contributed by atoms with van der Waals surface area (Å²) in [5, 5.41) is 11.6. The Labute approximate surface area is 266 Å². The molecule has 4 aromatic heterocycles. The van der Waals surface area contributed by atoms with Crippen molar-refractivity contribution in [2.45, 2.75) is 40.2 Å². The molecule has 0 radical (unpaired) electrons. The zero-order chi connectivity index (χ0) is 32.4. The van der Waals surface area contributed by atoms with Gasteiger partial charge in [-0.3, -0.25) is 14.4 Å². The molecule has 5 heterocycles. The number of aromatic amines is 1. The first-order valence-electron chi connectivity index (χ1n) is 15.4. The molecule has 1 aliphatic heterocycles. The van der Waals surface area contributed by atoms with Crippen LogP contribution in [-0.4, -0.2) is 84.3 Å². The number of nitrogens with one attached hydrogen (secondary N) is 3. The van der Waals surface area contributed by atoms with Gasteiger partial charge in [-0.05, 0) is 45.7 Å². The molecule has 46 heavy (non-hydrogen) atoms. The third kappa shape index (κ3) is 6.47. The van der Waals surface area contributed by atoms with Gasteiger partial charge in [0.1, 0.15) is 6.10 Å². The number of amides is 1. The molecule has 14 heteroatoms. The molecular weight excluding hydrogens is 589 g/mol. The molecule has 6 rings (SSSR count). The lowest BCUT2D eigenvalue weighted by Gasteiger charge is -2.21. The quantitative estimate of drug-likeness (QED) is 0.190. The molecule has 1 atom stereocenters. The van der Waals surface area contributed by atoms with Gasteiger partial charge in [-0.25, -0.2) is 19.3 Å². The van der Waals surface area contributed by atoms with E-state index in [1.165, 1.54) is 0 Å². The van der Waals surface area contributed by atoms with Crippen LogP contribution >= 0.6 is 0 Å². The average Bonchev–Trinajstić information content (AvgIpc) is 3.75. The molecular formula is C32H38FN11O2. The normalized spacial score (nSPS) is 15.0.